The lowest BCUT2D eigenvalue weighted by atomic mass is 10.3. The van der Waals surface area contributed by atoms with E-state index in [9.17, 15) is 0 Å². The summed E-state index contributed by atoms with van der Waals surface area (Å²) >= 11 is 0. The van der Waals surface area contributed by atoms with E-state index in [1.54, 1.807) is 19.1 Å². The highest BCUT2D eigenvalue weighted by atomic mass is 15.1. The third-order valence-electron chi connectivity index (χ3n) is 1.23. The van der Waals surface area contributed by atoms with Gasteiger partial charge in [0.2, 0.25) is 0 Å². The Bertz CT molecular complexity index is 298. The van der Waals surface area contributed by atoms with E-state index in [0.29, 0.717) is 5.70 Å². The molecule has 62 valence electrons. The van der Waals surface area contributed by atoms with Gasteiger partial charge in [-0.1, -0.05) is 6.58 Å². The van der Waals surface area contributed by atoms with Crippen LogP contribution in [0, 0.1) is 0 Å². The van der Waals surface area contributed by atoms with Crippen molar-refractivity contribution in [3.05, 3.63) is 36.5 Å². The largest absolute Gasteiger partial charge is 0.399 e. The van der Waals surface area contributed by atoms with Gasteiger partial charge in [-0.15, -0.1) is 0 Å². The molecule has 0 atom stereocenters. The number of azo groups is 1. The van der Waals surface area contributed by atoms with Crippen LogP contribution in [0.4, 0.5) is 11.4 Å². The van der Waals surface area contributed by atoms with Gasteiger partial charge < -0.3 is 5.73 Å². The number of hydrogen-bond donors (Lipinski definition) is 1. The monoisotopic (exact) mass is 161 g/mol. The van der Waals surface area contributed by atoms with Crippen molar-refractivity contribution in [2.75, 3.05) is 5.73 Å². The molecule has 0 bridgehead atoms. The highest BCUT2D eigenvalue weighted by molar-refractivity contribution is 5.47. The van der Waals surface area contributed by atoms with E-state index in [4.69, 9.17) is 5.73 Å². The van der Waals surface area contributed by atoms with Crippen LogP contribution in [0.15, 0.2) is 46.8 Å². The van der Waals surface area contributed by atoms with Crippen molar-refractivity contribution >= 4 is 11.4 Å². The molecule has 0 aliphatic heterocycles. The van der Waals surface area contributed by atoms with Gasteiger partial charge in [0.25, 0.3) is 0 Å². The first-order valence-corrected chi connectivity index (χ1v) is 3.61. The van der Waals surface area contributed by atoms with Crippen molar-refractivity contribution in [3.63, 3.8) is 0 Å². The zero-order valence-corrected chi connectivity index (χ0v) is 6.99. The van der Waals surface area contributed by atoms with Crippen LogP contribution >= 0.6 is 0 Å². The van der Waals surface area contributed by atoms with Crippen LogP contribution in [-0.4, -0.2) is 0 Å². The molecule has 0 radical (unpaired) electrons. The molecule has 0 aliphatic rings. The van der Waals surface area contributed by atoms with Gasteiger partial charge in [-0.3, -0.25) is 0 Å². The molecule has 0 heterocycles. The molecule has 1 aromatic rings. The Labute approximate surface area is 71.6 Å². The molecule has 0 aromatic heterocycles. The Morgan fingerprint density at radius 2 is 1.92 bits per heavy atom. The third-order valence-corrected chi connectivity index (χ3v) is 1.23. The fourth-order valence-electron chi connectivity index (χ4n) is 0.684. The van der Waals surface area contributed by atoms with E-state index in [2.05, 4.69) is 16.8 Å². The van der Waals surface area contributed by atoms with E-state index < -0.39 is 0 Å². The van der Waals surface area contributed by atoms with Gasteiger partial charge in [-0.25, -0.2) is 0 Å². The van der Waals surface area contributed by atoms with Crippen LogP contribution in [0.1, 0.15) is 6.92 Å². The van der Waals surface area contributed by atoms with Crippen molar-refractivity contribution in [2.24, 2.45) is 10.2 Å². The summed E-state index contributed by atoms with van der Waals surface area (Å²) in [6.07, 6.45) is 0. The zero-order valence-electron chi connectivity index (χ0n) is 6.99. The van der Waals surface area contributed by atoms with Gasteiger partial charge in [0.15, 0.2) is 0 Å². The predicted molar refractivity (Wildman–Crippen MR) is 50.2 cm³/mol. The van der Waals surface area contributed by atoms with Crippen molar-refractivity contribution < 1.29 is 0 Å². The van der Waals surface area contributed by atoms with E-state index in [-0.39, 0.29) is 0 Å². The predicted octanol–water partition coefficient (Wildman–Crippen LogP) is 2.89. The van der Waals surface area contributed by atoms with Gasteiger partial charge in [0, 0.05) is 5.69 Å². The average Bonchev–Trinajstić information content (AvgIpc) is 2.03. The Kier molecular flexibility index (Phi) is 2.58. The summed E-state index contributed by atoms with van der Waals surface area (Å²) in [5.74, 6) is 0. The van der Waals surface area contributed by atoms with Crippen LogP contribution in [0.25, 0.3) is 0 Å². The molecule has 0 saturated carbocycles. The van der Waals surface area contributed by atoms with Crippen LogP contribution in [0.3, 0.4) is 0 Å². The first-order valence-electron chi connectivity index (χ1n) is 3.61. The molecule has 1 rings (SSSR count). The molecule has 0 spiro atoms. The molecule has 12 heavy (non-hydrogen) atoms. The normalized spacial score (nSPS) is 10.4. The molecule has 2 N–H and O–H groups in total. The van der Waals surface area contributed by atoms with Crippen molar-refractivity contribution in [2.45, 2.75) is 6.92 Å². The summed E-state index contributed by atoms with van der Waals surface area (Å²) < 4.78 is 0. The lowest BCUT2D eigenvalue weighted by Gasteiger charge is -1.92. The Hall–Kier alpha value is -1.64. The quantitative estimate of drug-likeness (QED) is 0.526. The maximum absolute atomic E-state index is 5.49. The van der Waals surface area contributed by atoms with Crippen LogP contribution in [0.5, 0.6) is 0 Å². The van der Waals surface area contributed by atoms with E-state index in [1.165, 1.54) is 0 Å². The molecule has 1 aromatic carbocycles. The number of rotatable bonds is 2. The van der Waals surface area contributed by atoms with E-state index >= 15 is 0 Å². The summed E-state index contributed by atoms with van der Waals surface area (Å²) in [5, 5.41) is 7.73. The molecule has 0 amide bonds. The maximum Gasteiger partial charge on any atom is 0.0858 e. The minimum absolute atomic E-state index is 0.687. The second-order valence-electron chi connectivity index (χ2n) is 2.53. The first kappa shape index (κ1) is 8.46. The second-order valence-corrected chi connectivity index (χ2v) is 2.53. The summed E-state index contributed by atoms with van der Waals surface area (Å²) in [4.78, 5) is 0. The minimum atomic E-state index is 0.687. The molecular weight excluding hydrogens is 150 g/mol. The topological polar surface area (TPSA) is 50.7 Å². The van der Waals surface area contributed by atoms with Crippen LogP contribution in [-0.2, 0) is 0 Å². The average molecular weight is 161 g/mol. The second kappa shape index (κ2) is 3.67. The standard InChI is InChI=1S/C9H11N3/c1-7(2)11-12-9-5-3-8(10)4-6-9/h3-6H,1,10H2,2H3. The van der Waals surface area contributed by atoms with E-state index in [1.807, 2.05) is 12.1 Å². The van der Waals surface area contributed by atoms with E-state index in [0.717, 1.165) is 11.4 Å². The molecule has 3 heteroatoms. The van der Waals surface area contributed by atoms with Crippen LogP contribution in [0.2, 0.25) is 0 Å². The molecule has 0 fully saturated rings. The molecule has 0 unspecified atom stereocenters. The first-order chi connectivity index (χ1) is 5.68. The highest BCUT2D eigenvalue weighted by Crippen LogP contribution is 2.14. The third kappa shape index (κ3) is 2.54. The van der Waals surface area contributed by atoms with Crippen molar-refractivity contribution in [3.8, 4) is 0 Å². The molecular formula is C9H11N3. The zero-order chi connectivity index (χ0) is 8.97. The van der Waals surface area contributed by atoms with Gasteiger partial charge in [0.05, 0.1) is 11.4 Å². The maximum atomic E-state index is 5.49. The number of nitrogen functional groups attached to an aromatic ring is 1. The number of nitrogens with zero attached hydrogens (tertiary/aromatic N) is 2. The van der Waals surface area contributed by atoms with Crippen LogP contribution < -0.4 is 5.73 Å². The summed E-state index contributed by atoms with van der Waals surface area (Å²) in [6.45, 7) is 5.40. The Morgan fingerprint density at radius 3 is 2.42 bits per heavy atom. The minimum Gasteiger partial charge on any atom is -0.399 e. The molecule has 0 saturated heterocycles. The van der Waals surface area contributed by atoms with Gasteiger partial charge in [-0.2, -0.15) is 10.2 Å². The lowest BCUT2D eigenvalue weighted by molar-refractivity contribution is 1.14. The molecule has 0 aliphatic carbocycles. The Morgan fingerprint density at radius 1 is 1.33 bits per heavy atom. The van der Waals surface area contributed by atoms with Gasteiger partial charge >= 0.3 is 0 Å². The lowest BCUT2D eigenvalue weighted by Crippen LogP contribution is -1.80. The van der Waals surface area contributed by atoms with Crippen molar-refractivity contribution in [1.82, 2.24) is 0 Å². The molecule has 3 nitrogen and oxygen atoms in total. The number of nitrogens with two attached hydrogens (primary N) is 1. The highest BCUT2D eigenvalue weighted by Gasteiger charge is 1.87. The summed E-state index contributed by atoms with van der Waals surface area (Å²) in [7, 11) is 0. The fourth-order valence-corrected chi connectivity index (χ4v) is 0.684. The number of anilines is 1. The van der Waals surface area contributed by atoms with Gasteiger partial charge in [-0.05, 0) is 31.2 Å². The Balaban J connectivity index is 2.77. The number of allylic oxidation sites excluding steroid dienone is 1. The van der Waals surface area contributed by atoms with Crippen molar-refractivity contribution in [1.29, 1.82) is 0 Å². The number of benzene rings is 1. The SMILES string of the molecule is C=C(C)N=Nc1ccc(N)cc1. The smallest absolute Gasteiger partial charge is 0.0858 e. The summed E-state index contributed by atoms with van der Waals surface area (Å²) in [6, 6.07) is 7.18. The fraction of sp³-hybridized carbons (Fsp3) is 0.111. The van der Waals surface area contributed by atoms with Gasteiger partial charge in [0.1, 0.15) is 0 Å². The summed E-state index contributed by atoms with van der Waals surface area (Å²) in [5.41, 5.74) is 7.69. The number of hydrogen-bond acceptors (Lipinski definition) is 3.